The molecule has 0 saturated carbocycles. The van der Waals surface area contributed by atoms with Gasteiger partial charge in [0, 0.05) is 35.8 Å². The molecule has 1 aliphatic rings. The molecule has 0 fully saturated rings. The van der Waals surface area contributed by atoms with Gasteiger partial charge in [0.15, 0.2) is 5.16 Å². The van der Waals surface area contributed by atoms with Crippen molar-refractivity contribution in [2.75, 3.05) is 5.75 Å². The summed E-state index contributed by atoms with van der Waals surface area (Å²) in [6, 6.07) is 10.7. The molecule has 0 amide bonds. The highest BCUT2D eigenvalue weighted by Crippen LogP contribution is 2.39. The van der Waals surface area contributed by atoms with Crippen molar-refractivity contribution in [2.45, 2.75) is 11.7 Å². The zero-order chi connectivity index (χ0) is 14.2. The second-order valence-electron chi connectivity index (χ2n) is 4.81. The number of imidazole rings is 1. The number of benzene rings is 1. The zero-order valence-electron chi connectivity index (χ0n) is 11.2. The Balaban J connectivity index is 1.99. The van der Waals surface area contributed by atoms with Crippen LogP contribution in [0.3, 0.4) is 0 Å². The summed E-state index contributed by atoms with van der Waals surface area (Å²) < 4.78 is 16.3. The largest absolute Gasteiger partial charge is 0.318 e. The van der Waals surface area contributed by atoms with Gasteiger partial charge >= 0.3 is 0 Å². The fourth-order valence-corrected chi connectivity index (χ4v) is 3.57. The number of rotatable bonds is 2. The Morgan fingerprint density at radius 3 is 2.71 bits per heavy atom. The maximum atomic E-state index is 14.2. The van der Waals surface area contributed by atoms with Gasteiger partial charge in [0.05, 0.1) is 5.69 Å². The molecule has 2 aromatic heterocycles. The number of halogens is 1. The number of hydrogen-bond donors (Lipinski definition) is 0. The van der Waals surface area contributed by atoms with E-state index in [2.05, 4.69) is 14.5 Å². The first-order chi connectivity index (χ1) is 10.3. The summed E-state index contributed by atoms with van der Waals surface area (Å²) in [4.78, 5) is 8.72. The van der Waals surface area contributed by atoms with Crippen molar-refractivity contribution in [1.82, 2.24) is 14.5 Å². The molecule has 0 spiro atoms. The number of fused-ring (bicyclic) bond motifs is 1. The SMILES string of the molecule is Fc1ccccc1-c1nc2n(c1-c1ccncc1)CCS2. The van der Waals surface area contributed by atoms with Gasteiger partial charge in [-0.3, -0.25) is 4.98 Å². The van der Waals surface area contributed by atoms with Crippen molar-refractivity contribution in [1.29, 1.82) is 0 Å². The molecule has 3 heterocycles. The van der Waals surface area contributed by atoms with Crippen LogP contribution in [0.15, 0.2) is 53.9 Å². The van der Waals surface area contributed by atoms with Gasteiger partial charge in [-0.2, -0.15) is 0 Å². The van der Waals surface area contributed by atoms with E-state index in [-0.39, 0.29) is 5.82 Å². The van der Waals surface area contributed by atoms with Crippen LogP contribution in [0.5, 0.6) is 0 Å². The van der Waals surface area contributed by atoms with E-state index in [1.54, 1.807) is 36.3 Å². The molecular weight excluding hydrogens is 285 g/mol. The average molecular weight is 297 g/mol. The van der Waals surface area contributed by atoms with Gasteiger partial charge in [-0.1, -0.05) is 23.9 Å². The minimum atomic E-state index is -0.241. The van der Waals surface area contributed by atoms with Crippen LogP contribution < -0.4 is 0 Å². The summed E-state index contributed by atoms with van der Waals surface area (Å²) in [5.41, 5.74) is 3.25. The van der Waals surface area contributed by atoms with Gasteiger partial charge in [0.2, 0.25) is 0 Å². The van der Waals surface area contributed by atoms with Crippen molar-refractivity contribution in [2.24, 2.45) is 0 Å². The van der Waals surface area contributed by atoms with Crippen LogP contribution in [-0.4, -0.2) is 20.3 Å². The van der Waals surface area contributed by atoms with Crippen molar-refractivity contribution in [3.8, 4) is 22.5 Å². The van der Waals surface area contributed by atoms with E-state index >= 15 is 0 Å². The molecule has 1 aromatic carbocycles. The van der Waals surface area contributed by atoms with Crippen LogP contribution >= 0.6 is 11.8 Å². The molecule has 0 aliphatic carbocycles. The van der Waals surface area contributed by atoms with Gasteiger partial charge < -0.3 is 4.57 Å². The van der Waals surface area contributed by atoms with Crippen molar-refractivity contribution in [3.63, 3.8) is 0 Å². The molecule has 3 nitrogen and oxygen atoms in total. The Labute approximate surface area is 125 Å². The Kier molecular flexibility index (Phi) is 3.00. The molecule has 1 aliphatic heterocycles. The van der Waals surface area contributed by atoms with E-state index in [1.807, 2.05) is 18.2 Å². The molecule has 5 heteroatoms. The highest BCUT2D eigenvalue weighted by Gasteiger charge is 2.24. The standard InChI is InChI=1S/C16H12FN3S/c17-13-4-2-1-3-12(13)14-15(11-5-7-18-8-6-11)20-9-10-21-16(20)19-14/h1-8H,9-10H2. The fourth-order valence-electron chi connectivity index (χ4n) is 2.62. The molecule has 0 bridgehead atoms. The van der Waals surface area contributed by atoms with E-state index in [9.17, 15) is 4.39 Å². The summed E-state index contributed by atoms with van der Waals surface area (Å²) in [7, 11) is 0. The quantitative estimate of drug-likeness (QED) is 0.719. The minimum Gasteiger partial charge on any atom is -0.318 e. The number of pyridine rings is 1. The van der Waals surface area contributed by atoms with Gasteiger partial charge in [0.25, 0.3) is 0 Å². The Bertz CT molecular complexity index is 799. The summed E-state index contributed by atoms with van der Waals surface area (Å²) in [6.45, 7) is 0.902. The van der Waals surface area contributed by atoms with E-state index in [0.29, 0.717) is 11.3 Å². The fraction of sp³-hybridized carbons (Fsp3) is 0.125. The first-order valence-electron chi connectivity index (χ1n) is 6.73. The van der Waals surface area contributed by atoms with E-state index < -0.39 is 0 Å². The first-order valence-corrected chi connectivity index (χ1v) is 7.72. The minimum absolute atomic E-state index is 0.241. The topological polar surface area (TPSA) is 30.7 Å². The predicted molar refractivity (Wildman–Crippen MR) is 81.6 cm³/mol. The van der Waals surface area contributed by atoms with Crippen LogP contribution in [0.25, 0.3) is 22.5 Å². The second kappa shape index (κ2) is 5.00. The highest BCUT2D eigenvalue weighted by atomic mass is 32.2. The van der Waals surface area contributed by atoms with Crippen molar-refractivity contribution >= 4 is 11.8 Å². The third-order valence-electron chi connectivity index (χ3n) is 3.56. The van der Waals surface area contributed by atoms with Gasteiger partial charge in [0.1, 0.15) is 11.5 Å². The number of nitrogens with zero attached hydrogens (tertiary/aromatic N) is 3. The van der Waals surface area contributed by atoms with Crippen molar-refractivity contribution in [3.05, 3.63) is 54.6 Å². The molecule has 0 saturated heterocycles. The predicted octanol–water partition coefficient (Wildman–Crippen LogP) is 3.86. The molecule has 0 radical (unpaired) electrons. The molecule has 21 heavy (non-hydrogen) atoms. The summed E-state index contributed by atoms with van der Waals surface area (Å²) >= 11 is 1.71. The number of hydrogen-bond acceptors (Lipinski definition) is 3. The number of thioether (sulfide) groups is 1. The van der Waals surface area contributed by atoms with Crippen LogP contribution in [-0.2, 0) is 6.54 Å². The average Bonchev–Trinajstić information content (AvgIpc) is 3.09. The maximum Gasteiger partial charge on any atom is 0.169 e. The van der Waals surface area contributed by atoms with Gasteiger partial charge in [-0.15, -0.1) is 0 Å². The molecule has 0 unspecified atom stereocenters. The van der Waals surface area contributed by atoms with Crippen LogP contribution in [0.4, 0.5) is 4.39 Å². The van der Waals surface area contributed by atoms with Crippen LogP contribution in [0, 0.1) is 5.82 Å². The lowest BCUT2D eigenvalue weighted by Crippen LogP contribution is -1.98. The second-order valence-corrected chi connectivity index (χ2v) is 5.87. The molecular formula is C16H12FN3S. The van der Waals surface area contributed by atoms with Gasteiger partial charge in [-0.05, 0) is 24.3 Å². The molecule has 104 valence electrons. The summed E-state index contributed by atoms with van der Waals surface area (Å²) in [6.07, 6.45) is 3.50. The van der Waals surface area contributed by atoms with Crippen molar-refractivity contribution < 1.29 is 4.39 Å². The molecule has 4 rings (SSSR count). The molecule has 0 atom stereocenters. The van der Waals surface area contributed by atoms with E-state index in [0.717, 1.165) is 28.7 Å². The lowest BCUT2D eigenvalue weighted by molar-refractivity contribution is 0.631. The van der Waals surface area contributed by atoms with Crippen LogP contribution in [0.2, 0.25) is 0 Å². The third kappa shape index (κ3) is 2.05. The normalized spacial score (nSPS) is 13.4. The zero-order valence-corrected chi connectivity index (χ0v) is 12.0. The van der Waals surface area contributed by atoms with E-state index in [1.165, 1.54) is 6.07 Å². The maximum absolute atomic E-state index is 14.2. The molecule has 3 aromatic rings. The number of aromatic nitrogens is 3. The molecule has 0 N–H and O–H groups in total. The lowest BCUT2D eigenvalue weighted by Gasteiger charge is -2.08. The third-order valence-corrected chi connectivity index (χ3v) is 4.52. The van der Waals surface area contributed by atoms with Gasteiger partial charge in [-0.25, -0.2) is 9.37 Å². The Hall–Kier alpha value is -2.14. The smallest absolute Gasteiger partial charge is 0.169 e. The van der Waals surface area contributed by atoms with E-state index in [4.69, 9.17) is 0 Å². The van der Waals surface area contributed by atoms with Crippen LogP contribution in [0.1, 0.15) is 0 Å². The Morgan fingerprint density at radius 1 is 1.10 bits per heavy atom. The highest BCUT2D eigenvalue weighted by molar-refractivity contribution is 7.99. The first kappa shape index (κ1) is 12.6. The summed E-state index contributed by atoms with van der Waals surface area (Å²) in [5.74, 6) is 0.771. The lowest BCUT2D eigenvalue weighted by atomic mass is 10.1. The summed E-state index contributed by atoms with van der Waals surface area (Å²) in [5, 5.41) is 0.958. The Morgan fingerprint density at radius 2 is 1.90 bits per heavy atom. The monoisotopic (exact) mass is 297 g/mol.